The van der Waals surface area contributed by atoms with Crippen molar-refractivity contribution < 1.29 is 28.5 Å². The molecule has 0 radical (unpaired) electrons. The van der Waals surface area contributed by atoms with Gasteiger partial charge in [0.05, 0.1) is 7.11 Å². The van der Waals surface area contributed by atoms with Crippen molar-refractivity contribution in [3.63, 3.8) is 0 Å². The second-order valence-corrected chi connectivity index (χ2v) is 16.0. The van der Waals surface area contributed by atoms with Crippen molar-refractivity contribution in [2.24, 2.45) is 0 Å². The molecule has 0 saturated heterocycles. The predicted molar refractivity (Wildman–Crippen MR) is 222 cm³/mol. The zero-order chi connectivity index (χ0) is 41.0. The Morgan fingerprint density at radius 2 is 0.722 bits per heavy atom. The third-order valence-corrected chi connectivity index (χ3v) is 12.7. The molecule has 0 aliphatic carbocycles. The van der Waals surface area contributed by atoms with Crippen LogP contribution >= 0.6 is 0 Å². The van der Waals surface area contributed by atoms with Gasteiger partial charge in [0.1, 0.15) is 23.0 Å². The average molecular weight is 735 g/mol. The molecule has 54 heavy (non-hydrogen) atoms. The number of ether oxygens (including phenoxy) is 4. The van der Waals surface area contributed by atoms with Gasteiger partial charge >= 0.3 is 11.9 Å². The molecule has 290 valence electrons. The van der Waals surface area contributed by atoms with Gasteiger partial charge in [-0.15, -0.1) is 0 Å². The number of hydrogen-bond acceptors (Lipinski definition) is 6. The Bertz CT molecular complexity index is 2110. The van der Waals surface area contributed by atoms with E-state index in [0.717, 1.165) is 94.8 Å². The molecule has 0 saturated carbocycles. The van der Waals surface area contributed by atoms with E-state index < -0.39 is 5.97 Å². The largest absolute Gasteiger partial charge is 0.496 e. The van der Waals surface area contributed by atoms with E-state index in [4.69, 9.17) is 18.9 Å². The van der Waals surface area contributed by atoms with Crippen LogP contribution in [-0.2, 0) is 15.0 Å². The van der Waals surface area contributed by atoms with Crippen molar-refractivity contribution in [1.29, 1.82) is 0 Å². The zero-order valence-corrected chi connectivity index (χ0v) is 36.7. The third-order valence-electron chi connectivity index (χ3n) is 12.7. The topological polar surface area (TPSA) is 71.1 Å². The highest BCUT2D eigenvalue weighted by molar-refractivity contribution is 5.84. The number of benzene rings is 4. The standard InChI is InChI=1S/C48H62O6/c1-22-30(9)45(31(10)23(2)40(22)41-24(3)32(11)46(53-38(17)49)33(12)25(41)4)52-21-39(50)54-47-36(15)28(7)43(29(8)37(47)16)48(18,19)42-26(5)34(13)44(51-20)35(14)27(42)6/h21H2,1-20H3. The first-order chi connectivity index (χ1) is 24.9. The van der Waals surface area contributed by atoms with E-state index in [1.54, 1.807) is 7.11 Å². The van der Waals surface area contributed by atoms with Gasteiger partial charge in [-0.1, -0.05) is 13.8 Å². The van der Waals surface area contributed by atoms with Gasteiger partial charge in [0, 0.05) is 12.3 Å². The molecule has 0 spiro atoms. The Labute approximate surface area is 324 Å². The van der Waals surface area contributed by atoms with Crippen molar-refractivity contribution in [2.75, 3.05) is 13.7 Å². The monoisotopic (exact) mass is 734 g/mol. The molecule has 0 N–H and O–H groups in total. The molecular formula is C48H62O6. The van der Waals surface area contributed by atoms with Crippen molar-refractivity contribution in [2.45, 2.75) is 137 Å². The molecule has 4 aromatic carbocycles. The Morgan fingerprint density at radius 1 is 0.426 bits per heavy atom. The van der Waals surface area contributed by atoms with E-state index >= 15 is 0 Å². The fourth-order valence-electron chi connectivity index (χ4n) is 9.11. The summed E-state index contributed by atoms with van der Waals surface area (Å²) in [5, 5.41) is 0. The van der Waals surface area contributed by atoms with Crippen LogP contribution in [0.3, 0.4) is 0 Å². The van der Waals surface area contributed by atoms with Crippen molar-refractivity contribution in [3.8, 4) is 34.1 Å². The van der Waals surface area contributed by atoms with Crippen molar-refractivity contribution in [3.05, 3.63) is 100 Å². The number of hydrogen-bond donors (Lipinski definition) is 0. The lowest BCUT2D eigenvalue weighted by molar-refractivity contribution is -0.136. The Hall–Kier alpha value is -4.58. The summed E-state index contributed by atoms with van der Waals surface area (Å²) in [5.41, 5.74) is 21.6. The molecule has 0 heterocycles. The molecule has 0 aromatic heterocycles. The van der Waals surface area contributed by atoms with Crippen LogP contribution in [0.4, 0.5) is 0 Å². The van der Waals surface area contributed by atoms with Gasteiger partial charge < -0.3 is 18.9 Å². The number of rotatable bonds is 9. The van der Waals surface area contributed by atoms with Crippen LogP contribution in [0, 0.1) is 111 Å². The summed E-state index contributed by atoms with van der Waals surface area (Å²) in [6.45, 7) is 39.3. The van der Waals surface area contributed by atoms with E-state index in [1.807, 2.05) is 41.5 Å². The third kappa shape index (κ3) is 6.82. The lowest BCUT2D eigenvalue weighted by atomic mass is 9.68. The molecule has 6 heteroatoms. The Kier molecular flexibility index (Phi) is 11.9. The van der Waals surface area contributed by atoms with E-state index in [9.17, 15) is 9.59 Å². The molecule has 0 atom stereocenters. The quantitative estimate of drug-likeness (QED) is 0.126. The minimum atomic E-state index is -0.447. The smallest absolute Gasteiger partial charge is 0.349 e. The highest BCUT2D eigenvalue weighted by atomic mass is 16.6. The molecule has 4 aromatic rings. The fraction of sp³-hybridized carbons (Fsp3) is 0.458. The van der Waals surface area contributed by atoms with Crippen LogP contribution in [0.15, 0.2) is 0 Å². The Balaban J connectivity index is 1.70. The van der Waals surface area contributed by atoms with Crippen LogP contribution in [0.25, 0.3) is 11.1 Å². The van der Waals surface area contributed by atoms with Crippen LogP contribution in [0.5, 0.6) is 23.0 Å². The van der Waals surface area contributed by atoms with Crippen molar-refractivity contribution in [1.82, 2.24) is 0 Å². The fourth-order valence-corrected chi connectivity index (χ4v) is 9.11. The summed E-state index contributed by atoms with van der Waals surface area (Å²) >= 11 is 0. The maximum absolute atomic E-state index is 13.6. The predicted octanol–water partition coefficient (Wildman–Crippen LogP) is 11.5. The maximum atomic E-state index is 13.6. The second kappa shape index (κ2) is 15.3. The highest BCUT2D eigenvalue weighted by Gasteiger charge is 2.34. The van der Waals surface area contributed by atoms with Crippen LogP contribution in [-0.4, -0.2) is 25.7 Å². The van der Waals surface area contributed by atoms with Gasteiger partial charge in [-0.2, -0.15) is 0 Å². The lowest BCUT2D eigenvalue weighted by Crippen LogP contribution is -2.27. The average Bonchev–Trinajstić information content (AvgIpc) is 3.10. The van der Waals surface area contributed by atoms with Gasteiger partial charge in [-0.3, -0.25) is 4.79 Å². The summed E-state index contributed by atoms with van der Waals surface area (Å²) in [7, 11) is 1.74. The second-order valence-electron chi connectivity index (χ2n) is 16.0. The van der Waals surface area contributed by atoms with E-state index in [-0.39, 0.29) is 18.0 Å². The molecule has 0 fully saturated rings. The summed E-state index contributed by atoms with van der Waals surface area (Å²) < 4.78 is 23.9. The van der Waals surface area contributed by atoms with E-state index in [2.05, 4.69) is 83.1 Å². The number of methoxy groups -OCH3 is 1. The normalized spacial score (nSPS) is 11.6. The number of carbonyl (C=O) groups is 2. The summed E-state index contributed by atoms with van der Waals surface area (Å²) in [6, 6.07) is 0. The summed E-state index contributed by atoms with van der Waals surface area (Å²) in [6.07, 6.45) is 0. The molecule has 0 bridgehead atoms. The van der Waals surface area contributed by atoms with Gasteiger partial charge in [0.25, 0.3) is 0 Å². The first-order valence-corrected chi connectivity index (χ1v) is 18.9. The Morgan fingerprint density at radius 3 is 1.06 bits per heavy atom. The van der Waals surface area contributed by atoms with Gasteiger partial charge in [0.2, 0.25) is 0 Å². The van der Waals surface area contributed by atoms with Gasteiger partial charge in [-0.25, -0.2) is 4.79 Å². The van der Waals surface area contributed by atoms with Crippen molar-refractivity contribution >= 4 is 11.9 Å². The molecule has 0 aliphatic rings. The maximum Gasteiger partial charge on any atom is 0.349 e. The zero-order valence-electron chi connectivity index (χ0n) is 36.7. The molecule has 0 aliphatic heterocycles. The molecule has 6 nitrogen and oxygen atoms in total. The number of esters is 2. The molecule has 4 rings (SSSR count). The van der Waals surface area contributed by atoms with Gasteiger partial charge in [0.15, 0.2) is 6.61 Å². The molecule has 0 amide bonds. The van der Waals surface area contributed by atoms with Crippen LogP contribution < -0.4 is 18.9 Å². The molecule has 0 unspecified atom stereocenters. The SMILES string of the molecule is COc1c(C)c(C)c(C(C)(C)c2c(C)c(C)c(OC(=O)COc3c(C)c(C)c(-c4c(C)c(C)c(OC(C)=O)c(C)c4C)c(C)c3C)c(C)c2C)c(C)c1C. The lowest BCUT2D eigenvalue weighted by Gasteiger charge is -2.36. The minimum absolute atomic E-state index is 0.222. The summed E-state index contributed by atoms with van der Waals surface area (Å²) in [5.74, 6) is 2.09. The molecular weight excluding hydrogens is 673 g/mol. The highest BCUT2D eigenvalue weighted by Crippen LogP contribution is 2.47. The van der Waals surface area contributed by atoms with Crippen LogP contribution in [0.2, 0.25) is 0 Å². The van der Waals surface area contributed by atoms with Gasteiger partial charge in [-0.05, 0) is 222 Å². The van der Waals surface area contributed by atoms with E-state index in [0.29, 0.717) is 17.2 Å². The first-order valence-electron chi connectivity index (χ1n) is 18.9. The number of carbonyl (C=O) groups excluding carboxylic acids is 2. The first kappa shape index (κ1) is 42.2. The van der Waals surface area contributed by atoms with Crippen LogP contribution in [0.1, 0.15) is 121 Å². The summed E-state index contributed by atoms with van der Waals surface area (Å²) in [4.78, 5) is 25.5. The van der Waals surface area contributed by atoms with E-state index in [1.165, 1.54) is 29.2 Å². The minimum Gasteiger partial charge on any atom is -0.496 e.